The minimum atomic E-state index is -4.26. The molecule has 0 fully saturated rings. The van der Waals surface area contributed by atoms with Gasteiger partial charge in [-0.25, -0.2) is 0 Å². The van der Waals surface area contributed by atoms with Gasteiger partial charge in [-0.3, -0.25) is 4.90 Å². The number of likely N-dealkylation sites (N-methyl/N-ethyl adjacent to an activating group) is 1. The highest BCUT2D eigenvalue weighted by atomic mass is 19.4. The van der Waals surface area contributed by atoms with Crippen LogP contribution in [0.15, 0.2) is 24.3 Å². The van der Waals surface area contributed by atoms with Crippen LogP contribution in [0.2, 0.25) is 0 Å². The zero-order valence-electron chi connectivity index (χ0n) is 11.7. The fraction of sp³-hybridized carbons (Fsp3) is 0.571. The van der Waals surface area contributed by atoms with E-state index in [1.165, 1.54) is 4.90 Å². The Kier molecular flexibility index (Phi) is 6.29. The summed E-state index contributed by atoms with van der Waals surface area (Å²) in [5.41, 5.74) is 0.578. The Balaban J connectivity index is 2.62. The van der Waals surface area contributed by atoms with Gasteiger partial charge in [0.25, 0.3) is 0 Å². The molecule has 20 heavy (non-hydrogen) atoms. The molecule has 0 aliphatic carbocycles. The predicted molar refractivity (Wildman–Crippen MR) is 70.7 cm³/mol. The van der Waals surface area contributed by atoms with Gasteiger partial charge in [0.2, 0.25) is 0 Å². The van der Waals surface area contributed by atoms with Crippen LogP contribution in [-0.2, 0) is 0 Å². The summed E-state index contributed by atoms with van der Waals surface area (Å²) in [4.78, 5) is 1.17. The van der Waals surface area contributed by atoms with E-state index in [1.54, 1.807) is 31.2 Å². The molecule has 0 spiro atoms. The maximum Gasteiger partial charge on any atom is 0.401 e. The highest BCUT2D eigenvalue weighted by Gasteiger charge is 2.30. The molecule has 3 nitrogen and oxygen atoms in total. The first-order chi connectivity index (χ1) is 9.35. The van der Waals surface area contributed by atoms with E-state index in [-0.39, 0.29) is 13.1 Å². The average molecular weight is 291 g/mol. The van der Waals surface area contributed by atoms with Crippen LogP contribution in [0, 0.1) is 0 Å². The fourth-order valence-electron chi connectivity index (χ4n) is 1.86. The van der Waals surface area contributed by atoms with E-state index in [2.05, 4.69) is 0 Å². The van der Waals surface area contributed by atoms with Gasteiger partial charge in [-0.05, 0) is 31.2 Å². The summed E-state index contributed by atoms with van der Waals surface area (Å²) in [5, 5.41) is 9.99. The van der Waals surface area contributed by atoms with Gasteiger partial charge in [0.15, 0.2) is 0 Å². The van der Waals surface area contributed by atoms with E-state index in [9.17, 15) is 18.3 Å². The lowest BCUT2D eigenvalue weighted by Gasteiger charge is -2.24. The molecule has 0 saturated carbocycles. The van der Waals surface area contributed by atoms with Crippen molar-refractivity contribution in [1.82, 2.24) is 4.90 Å². The van der Waals surface area contributed by atoms with Crippen molar-refractivity contribution in [2.45, 2.75) is 26.1 Å². The van der Waals surface area contributed by atoms with Gasteiger partial charge in [-0.1, -0.05) is 19.1 Å². The topological polar surface area (TPSA) is 32.7 Å². The molecule has 1 rings (SSSR count). The quantitative estimate of drug-likeness (QED) is 0.838. The molecule has 0 aromatic heterocycles. The third-order valence-corrected chi connectivity index (χ3v) is 2.86. The maximum atomic E-state index is 12.3. The Morgan fingerprint density at radius 2 is 1.80 bits per heavy atom. The lowest BCUT2D eigenvalue weighted by atomic mass is 10.1. The second-order valence-electron chi connectivity index (χ2n) is 4.46. The van der Waals surface area contributed by atoms with E-state index in [0.29, 0.717) is 17.9 Å². The number of aliphatic hydroxyl groups is 1. The molecular formula is C14H20F3NO2. The Bertz CT molecular complexity index is 392. The van der Waals surface area contributed by atoms with Crippen LogP contribution in [0.4, 0.5) is 13.2 Å². The number of benzene rings is 1. The molecule has 0 radical (unpaired) electrons. The van der Waals surface area contributed by atoms with Crippen molar-refractivity contribution in [3.05, 3.63) is 29.8 Å². The fourth-order valence-corrected chi connectivity index (χ4v) is 1.86. The molecule has 0 aliphatic heterocycles. The summed E-state index contributed by atoms with van der Waals surface area (Å²) in [5.74, 6) is 0.672. The van der Waals surface area contributed by atoms with E-state index in [0.717, 1.165) is 0 Å². The summed E-state index contributed by atoms with van der Waals surface area (Å²) in [6, 6.07) is 6.72. The van der Waals surface area contributed by atoms with E-state index >= 15 is 0 Å². The minimum Gasteiger partial charge on any atom is -0.494 e. The van der Waals surface area contributed by atoms with Crippen molar-refractivity contribution < 1.29 is 23.0 Å². The second kappa shape index (κ2) is 7.50. The van der Waals surface area contributed by atoms with Gasteiger partial charge in [0, 0.05) is 6.54 Å². The lowest BCUT2D eigenvalue weighted by molar-refractivity contribution is -0.148. The number of halogens is 3. The van der Waals surface area contributed by atoms with Crippen LogP contribution in [0.25, 0.3) is 0 Å². The SMILES string of the molecule is CCOc1ccc(C(O)CN(CC)CC(F)(F)F)cc1. The van der Waals surface area contributed by atoms with Crippen LogP contribution in [0.1, 0.15) is 25.5 Å². The molecule has 1 aromatic carbocycles. The largest absolute Gasteiger partial charge is 0.494 e. The highest BCUT2D eigenvalue weighted by molar-refractivity contribution is 5.28. The van der Waals surface area contributed by atoms with Gasteiger partial charge in [0.1, 0.15) is 5.75 Å². The molecule has 6 heteroatoms. The normalized spacial score (nSPS) is 13.6. The van der Waals surface area contributed by atoms with E-state index in [1.807, 2.05) is 6.92 Å². The number of rotatable bonds is 7. The number of alkyl halides is 3. The summed E-state index contributed by atoms with van der Waals surface area (Å²) in [6.07, 6.45) is -5.21. The van der Waals surface area contributed by atoms with Crippen LogP contribution in [0.5, 0.6) is 5.75 Å². The molecule has 0 heterocycles. The Labute approximate surface area is 117 Å². The van der Waals surface area contributed by atoms with Crippen LogP contribution in [-0.4, -0.2) is 42.4 Å². The van der Waals surface area contributed by atoms with Crippen molar-refractivity contribution in [3.8, 4) is 5.75 Å². The van der Waals surface area contributed by atoms with E-state index < -0.39 is 18.8 Å². The first-order valence-electron chi connectivity index (χ1n) is 6.55. The zero-order chi connectivity index (χ0) is 15.2. The monoisotopic (exact) mass is 291 g/mol. The number of hydrogen-bond donors (Lipinski definition) is 1. The summed E-state index contributed by atoms with van der Waals surface area (Å²) in [7, 11) is 0. The average Bonchev–Trinajstić information content (AvgIpc) is 2.37. The number of nitrogens with zero attached hydrogens (tertiary/aromatic N) is 1. The third kappa shape index (κ3) is 5.79. The summed E-state index contributed by atoms with van der Waals surface area (Å²) in [6.45, 7) is 3.20. The van der Waals surface area contributed by atoms with E-state index in [4.69, 9.17) is 4.74 Å². The zero-order valence-corrected chi connectivity index (χ0v) is 11.7. The minimum absolute atomic E-state index is 0.0516. The molecule has 0 saturated heterocycles. The molecule has 114 valence electrons. The molecule has 1 aromatic rings. The third-order valence-electron chi connectivity index (χ3n) is 2.86. The van der Waals surface area contributed by atoms with Crippen molar-refractivity contribution in [2.75, 3.05) is 26.2 Å². The van der Waals surface area contributed by atoms with Crippen molar-refractivity contribution >= 4 is 0 Å². The molecule has 0 aliphatic rings. The highest BCUT2D eigenvalue weighted by Crippen LogP contribution is 2.21. The lowest BCUT2D eigenvalue weighted by Crippen LogP contribution is -2.36. The molecule has 0 amide bonds. The molecule has 1 atom stereocenters. The molecule has 0 bridgehead atoms. The summed E-state index contributed by atoms with van der Waals surface area (Å²) >= 11 is 0. The van der Waals surface area contributed by atoms with Crippen molar-refractivity contribution in [1.29, 1.82) is 0 Å². The predicted octanol–water partition coefficient (Wildman–Crippen LogP) is 3.00. The Morgan fingerprint density at radius 1 is 1.20 bits per heavy atom. The van der Waals surface area contributed by atoms with Gasteiger partial charge in [0.05, 0.1) is 19.3 Å². The van der Waals surface area contributed by atoms with Crippen LogP contribution >= 0.6 is 0 Å². The Hall–Kier alpha value is -1.27. The first-order valence-corrected chi connectivity index (χ1v) is 6.55. The smallest absolute Gasteiger partial charge is 0.401 e. The standard InChI is InChI=1S/C14H20F3NO2/c1-3-18(10-14(15,16)17)9-13(19)11-5-7-12(8-6-11)20-4-2/h5-8,13,19H,3-4,9-10H2,1-2H3. The first kappa shape index (κ1) is 16.8. The van der Waals surface area contributed by atoms with Crippen LogP contribution in [0.3, 0.4) is 0 Å². The summed E-state index contributed by atoms with van der Waals surface area (Å²) < 4.78 is 42.3. The molecule has 1 N–H and O–H groups in total. The van der Waals surface area contributed by atoms with Gasteiger partial charge in [-0.2, -0.15) is 13.2 Å². The number of hydrogen-bond acceptors (Lipinski definition) is 3. The van der Waals surface area contributed by atoms with Gasteiger partial charge < -0.3 is 9.84 Å². The van der Waals surface area contributed by atoms with Crippen molar-refractivity contribution in [3.63, 3.8) is 0 Å². The van der Waals surface area contributed by atoms with Crippen molar-refractivity contribution in [2.24, 2.45) is 0 Å². The number of ether oxygens (including phenoxy) is 1. The van der Waals surface area contributed by atoms with Gasteiger partial charge >= 0.3 is 6.18 Å². The van der Waals surface area contributed by atoms with Gasteiger partial charge in [-0.15, -0.1) is 0 Å². The molecule has 1 unspecified atom stereocenters. The van der Waals surface area contributed by atoms with Crippen LogP contribution < -0.4 is 4.74 Å². The molecular weight excluding hydrogens is 271 g/mol. The second-order valence-corrected chi connectivity index (χ2v) is 4.46. The Morgan fingerprint density at radius 3 is 2.25 bits per heavy atom. The number of aliphatic hydroxyl groups excluding tert-OH is 1. The maximum absolute atomic E-state index is 12.3.